The molecule has 5 heteroatoms. The first-order valence-electron chi connectivity index (χ1n) is 10.2. The lowest BCUT2D eigenvalue weighted by atomic mass is 10.1. The molecule has 3 aromatic rings. The Morgan fingerprint density at radius 3 is 2.75 bits per heavy atom. The first-order valence-corrected chi connectivity index (χ1v) is 10.2. The fourth-order valence-electron chi connectivity index (χ4n) is 4.27. The van der Waals surface area contributed by atoms with Gasteiger partial charge < -0.3 is 9.72 Å². The number of fused-ring (bicyclic) bond motifs is 1. The molecule has 5 rings (SSSR count). The van der Waals surface area contributed by atoms with Gasteiger partial charge in [0.1, 0.15) is 5.65 Å². The molecular formula is C23H26N4O. The van der Waals surface area contributed by atoms with Crippen molar-refractivity contribution in [1.82, 2.24) is 14.3 Å². The highest BCUT2D eigenvalue weighted by Crippen LogP contribution is 2.41. The number of rotatable bonds is 5. The van der Waals surface area contributed by atoms with Crippen LogP contribution in [0.15, 0.2) is 48.7 Å². The van der Waals surface area contributed by atoms with Gasteiger partial charge >= 0.3 is 0 Å². The largest absolute Gasteiger partial charge is 0.324 e. The van der Waals surface area contributed by atoms with Crippen LogP contribution < -0.4 is 5.32 Å². The minimum Gasteiger partial charge on any atom is -0.324 e. The summed E-state index contributed by atoms with van der Waals surface area (Å²) in [4.78, 5) is 19.9. The molecule has 1 N–H and O–H groups in total. The van der Waals surface area contributed by atoms with Crippen molar-refractivity contribution >= 4 is 17.2 Å². The van der Waals surface area contributed by atoms with Crippen LogP contribution in [-0.4, -0.2) is 33.3 Å². The summed E-state index contributed by atoms with van der Waals surface area (Å²) in [5.41, 5.74) is 5.53. The van der Waals surface area contributed by atoms with Crippen LogP contribution in [0.1, 0.15) is 42.1 Å². The number of carbonyl (C=O) groups excluding carboxylic acids is 1. The maximum atomic E-state index is 12.8. The summed E-state index contributed by atoms with van der Waals surface area (Å²) < 4.78 is 2.11. The van der Waals surface area contributed by atoms with Gasteiger partial charge in [-0.1, -0.05) is 30.3 Å². The summed E-state index contributed by atoms with van der Waals surface area (Å²) in [5, 5.41) is 3.13. The molecule has 28 heavy (non-hydrogen) atoms. The lowest BCUT2D eigenvalue weighted by Gasteiger charge is -2.16. The molecule has 1 aromatic carbocycles. The molecule has 2 fully saturated rings. The second kappa shape index (κ2) is 7.06. The van der Waals surface area contributed by atoms with Crippen molar-refractivity contribution in [3.8, 4) is 0 Å². The van der Waals surface area contributed by atoms with Crippen molar-refractivity contribution < 1.29 is 4.79 Å². The van der Waals surface area contributed by atoms with E-state index in [2.05, 4.69) is 45.8 Å². The third kappa shape index (κ3) is 3.42. The minimum absolute atomic E-state index is 0.0466. The second-order valence-electron chi connectivity index (χ2n) is 8.20. The molecule has 2 aromatic heterocycles. The van der Waals surface area contributed by atoms with Crippen LogP contribution in [0.5, 0.6) is 0 Å². The van der Waals surface area contributed by atoms with E-state index in [-0.39, 0.29) is 11.8 Å². The number of hydrogen-bond acceptors (Lipinski definition) is 3. The zero-order valence-electron chi connectivity index (χ0n) is 16.3. The Morgan fingerprint density at radius 2 is 1.96 bits per heavy atom. The summed E-state index contributed by atoms with van der Waals surface area (Å²) in [5.74, 6) is 0.799. The fourth-order valence-corrected chi connectivity index (χ4v) is 4.27. The Morgan fingerprint density at radius 1 is 1.14 bits per heavy atom. The molecule has 1 aliphatic heterocycles. The van der Waals surface area contributed by atoms with Crippen molar-refractivity contribution in [3.63, 3.8) is 0 Å². The van der Waals surface area contributed by atoms with Gasteiger partial charge in [0.05, 0.1) is 17.3 Å². The number of nitrogens with zero attached hydrogens (tertiary/aromatic N) is 3. The number of aryl methyl sites for hydroxylation is 1. The van der Waals surface area contributed by atoms with Crippen LogP contribution in [0.25, 0.3) is 5.65 Å². The smallest absolute Gasteiger partial charge is 0.228 e. The second-order valence-corrected chi connectivity index (χ2v) is 8.20. The molecule has 1 atom stereocenters. The lowest BCUT2D eigenvalue weighted by molar-refractivity contribution is -0.119. The molecular weight excluding hydrogens is 348 g/mol. The highest BCUT2D eigenvalue weighted by atomic mass is 16.1. The molecule has 0 radical (unpaired) electrons. The Bertz CT molecular complexity index is 1010. The van der Waals surface area contributed by atoms with E-state index >= 15 is 0 Å². The molecule has 1 saturated heterocycles. The van der Waals surface area contributed by atoms with E-state index < -0.39 is 0 Å². The molecule has 3 heterocycles. The van der Waals surface area contributed by atoms with Crippen LogP contribution in [0.4, 0.5) is 5.69 Å². The SMILES string of the molecule is Cc1c(C2CC2)nc2ccc(NC(=O)C3CCN(Cc4ccccc4)C3)cn12. The molecule has 144 valence electrons. The maximum absolute atomic E-state index is 12.8. The number of imidazole rings is 1. The average Bonchev–Trinajstić information content (AvgIpc) is 3.36. The quantitative estimate of drug-likeness (QED) is 0.735. The Hall–Kier alpha value is -2.66. The van der Waals surface area contributed by atoms with Gasteiger partial charge in [-0.3, -0.25) is 9.69 Å². The van der Waals surface area contributed by atoms with Gasteiger partial charge in [-0.25, -0.2) is 4.98 Å². The zero-order valence-corrected chi connectivity index (χ0v) is 16.3. The Labute approximate surface area is 165 Å². The van der Waals surface area contributed by atoms with Gasteiger partial charge in [0.2, 0.25) is 5.91 Å². The number of aromatic nitrogens is 2. The van der Waals surface area contributed by atoms with Gasteiger partial charge in [-0.15, -0.1) is 0 Å². The number of carbonyl (C=O) groups is 1. The van der Waals surface area contributed by atoms with Crippen LogP contribution in [0.2, 0.25) is 0 Å². The first-order chi connectivity index (χ1) is 13.7. The summed E-state index contributed by atoms with van der Waals surface area (Å²) in [6, 6.07) is 14.4. The summed E-state index contributed by atoms with van der Waals surface area (Å²) >= 11 is 0. The molecule has 1 aliphatic carbocycles. The predicted molar refractivity (Wildman–Crippen MR) is 110 cm³/mol. The Kier molecular flexibility index (Phi) is 4.40. The molecule has 1 unspecified atom stereocenters. The van der Waals surface area contributed by atoms with Gasteiger partial charge in [-0.05, 0) is 50.4 Å². The van der Waals surface area contributed by atoms with Gasteiger partial charge in [0.15, 0.2) is 0 Å². The fraction of sp³-hybridized carbons (Fsp3) is 0.391. The highest BCUT2D eigenvalue weighted by molar-refractivity contribution is 5.92. The van der Waals surface area contributed by atoms with Crippen LogP contribution in [0.3, 0.4) is 0 Å². The van der Waals surface area contributed by atoms with Crippen molar-refractivity contribution in [1.29, 1.82) is 0 Å². The van der Waals surface area contributed by atoms with E-state index in [9.17, 15) is 4.79 Å². The van der Waals surface area contributed by atoms with Crippen molar-refractivity contribution in [2.75, 3.05) is 18.4 Å². The molecule has 1 amide bonds. The molecule has 0 bridgehead atoms. The van der Waals surface area contributed by atoms with E-state index in [0.717, 1.165) is 37.4 Å². The third-order valence-electron chi connectivity index (χ3n) is 6.02. The first kappa shape index (κ1) is 17.4. The van der Waals surface area contributed by atoms with Gasteiger partial charge in [-0.2, -0.15) is 0 Å². The van der Waals surface area contributed by atoms with Crippen molar-refractivity contribution in [3.05, 3.63) is 65.6 Å². The summed E-state index contributed by atoms with van der Waals surface area (Å²) in [6.07, 6.45) is 5.42. The molecule has 5 nitrogen and oxygen atoms in total. The number of anilines is 1. The molecule has 2 aliphatic rings. The van der Waals surface area contributed by atoms with Crippen LogP contribution >= 0.6 is 0 Å². The van der Waals surface area contributed by atoms with E-state index in [1.54, 1.807) is 0 Å². The van der Waals surface area contributed by atoms with E-state index in [4.69, 9.17) is 4.98 Å². The number of benzene rings is 1. The third-order valence-corrected chi connectivity index (χ3v) is 6.02. The normalized spacial score (nSPS) is 20.0. The van der Waals surface area contributed by atoms with Crippen molar-refractivity contribution in [2.45, 2.75) is 38.6 Å². The topological polar surface area (TPSA) is 49.6 Å². The van der Waals surface area contributed by atoms with E-state index in [1.807, 2.05) is 24.4 Å². The standard InChI is InChI=1S/C23H26N4O/c1-16-22(18-7-8-18)25-21-10-9-20(15-27(16)21)24-23(28)19-11-12-26(14-19)13-17-5-3-2-4-6-17/h2-6,9-10,15,18-19H,7-8,11-14H2,1H3,(H,24,28). The maximum Gasteiger partial charge on any atom is 0.228 e. The predicted octanol–water partition coefficient (Wildman–Crippen LogP) is 3.98. The summed E-state index contributed by atoms with van der Waals surface area (Å²) in [7, 11) is 0. The number of amides is 1. The zero-order chi connectivity index (χ0) is 19.1. The highest BCUT2D eigenvalue weighted by Gasteiger charge is 2.30. The minimum atomic E-state index is 0.0466. The van der Waals surface area contributed by atoms with E-state index in [1.165, 1.54) is 29.8 Å². The molecule has 1 saturated carbocycles. The summed E-state index contributed by atoms with van der Waals surface area (Å²) in [6.45, 7) is 4.82. The van der Waals surface area contributed by atoms with E-state index in [0.29, 0.717) is 5.92 Å². The monoisotopic (exact) mass is 374 g/mol. The number of nitrogens with one attached hydrogen (secondary N) is 1. The number of hydrogen-bond donors (Lipinski definition) is 1. The van der Waals surface area contributed by atoms with Gasteiger partial charge in [0.25, 0.3) is 0 Å². The number of pyridine rings is 1. The number of likely N-dealkylation sites (tertiary alicyclic amines) is 1. The van der Waals surface area contributed by atoms with Crippen LogP contribution in [0, 0.1) is 12.8 Å². The Balaban J connectivity index is 1.25. The van der Waals surface area contributed by atoms with Crippen LogP contribution in [-0.2, 0) is 11.3 Å². The molecule has 0 spiro atoms. The lowest BCUT2D eigenvalue weighted by Crippen LogP contribution is -2.27. The average molecular weight is 374 g/mol. The van der Waals surface area contributed by atoms with Crippen molar-refractivity contribution in [2.24, 2.45) is 5.92 Å². The van der Waals surface area contributed by atoms with Gasteiger partial charge in [0, 0.05) is 30.9 Å².